The molecule has 1 aromatic rings. The summed E-state index contributed by atoms with van der Waals surface area (Å²) in [5.41, 5.74) is 5.39. The van der Waals surface area contributed by atoms with Crippen LogP contribution < -0.4 is 16.0 Å². The van der Waals surface area contributed by atoms with E-state index in [1.807, 2.05) is 0 Å². The number of pyridine rings is 1. The third-order valence-corrected chi connectivity index (χ3v) is 2.83. The minimum absolute atomic E-state index is 0.0925. The van der Waals surface area contributed by atoms with E-state index < -0.39 is 5.54 Å². The number of nitrogens with zero attached hydrogens (tertiary/aromatic N) is 2. The van der Waals surface area contributed by atoms with Crippen LogP contribution in [0.15, 0.2) is 18.3 Å². The lowest BCUT2D eigenvalue weighted by atomic mass is 9.98. The topological polar surface area (TPSA) is 88.3 Å². The van der Waals surface area contributed by atoms with Gasteiger partial charge in [-0.2, -0.15) is 0 Å². The molecular weight excluding hydrogens is 220 g/mol. The summed E-state index contributed by atoms with van der Waals surface area (Å²) in [5.74, 6) is -0.144. The third-order valence-electron chi connectivity index (χ3n) is 2.83. The number of anilines is 2. The maximum absolute atomic E-state index is 11.8. The summed E-state index contributed by atoms with van der Waals surface area (Å²) < 4.78 is 0. The van der Waals surface area contributed by atoms with Crippen LogP contribution in [0.3, 0.4) is 0 Å². The first-order chi connectivity index (χ1) is 7.91. The number of amides is 2. The van der Waals surface area contributed by atoms with E-state index in [9.17, 15) is 9.59 Å². The minimum atomic E-state index is -0.825. The molecule has 2 rings (SSSR count). The van der Waals surface area contributed by atoms with Crippen LogP contribution in [0.5, 0.6) is 0 Å². The van der Waals surface area contributed by atoms with Gasteiger partial charge in [-0.3, -0.25) is 14.9 Å². The molecule has 6 heteroatoms. The largest absolute Gasteiger partial charge is 0.399 e. The van der Waals surface area contributed by atoms with E-state index in [-0.39, 0.29) is 18.4 Å². The van der Waals surface area contributed by atoms with Crippen molar-refractivity contribution in [3.63, 3.8) is 0 Å². The number of aromatic nitrogens is 1. The molecule has 2 amide bonds. The summed E-state index contributed by atoms with van der Waals surface area (Å²) in [6, 6.07) is 3.30. The molecule has 17 heavy (non-hydrogen) atoms. The first kappa shape index (κ1) is 11.4. The smallest absolute Gasteiger partial charge is 0.251 e. The molecule has 0 bridgehead atoms. The van der Waals surface area contributed by atoms with Gasteiger partial charge in [-0.1, -0.05) is 0 Å². The Morgan fingerprint density at radius 3 is 2.82 bits per heavy atom. The Labute approximate surface area is 98.8 Å². The molecule has 0 aliphatic carbocycles. The first-order valence-corrected chi connectivity index (χ1v) is 5.25. The fourth-order valence-electron chi connectivity index (χ4n) is 1.73. The first-order valence-electron chi connectivity index (χ1n) is 5.25. The fourth-order valence-corrected chi connectivity index (χ4v) is 1.73. The summed E-state index contributed by atoms with van der Waals surface area (Å²) in [6.45, 7) is 3.56. The van der Waals surface area contributed by atoms with Crippen molar-refractivity contribution >= 4 is 23.3 Å². The Morgan fingerprint density at radius 1 is 1.47 bits per heavy atom. The van der Waals surface area contributed by atoms with Crippen LogP contribution in [-0.4, -0.2) is 28.9 Å². The highest BCUT2D eigenvalue weighted by atomic mass is 16.2. The summed E-state index contributed by atoms with van der Waals surface area (Å²) in [4.78, 5) is 28.9. The fraction of sp³-hybridized carbons (Fsp3) is 0.364. The van der Waals surface area contributed by atoms with Crippen molar-refractivity contribution in [2.24, 2.45) is 0 Å². The number of nitrogens with two attached hydrogens (primary N) is 1. The number of hydrogen-bond donors (Lipinski definition) is 2. The molecule has 0 saturated carbocycles. The second kappa shape index (κ2) is 3.73. The van der Waals surface area contributed by atoms with Crippen molar-refractivity contribution in [1.29, 1.82) is 0 Å². The second-order valence-corrected chi connectivity index (χ2v) is 4.47. The quantitative estimate of drug-likeness (QED) is 0.663. The lowest BCUT2D eigenvalue weighted by molar-refractivity contribution is -0.135. The van der Waals surface area contributed by atoms with Gasteiger partial charge in [-0.25, -0.2) is 4.98 Å². The maximum Gasteiger partial charge on any atom is 0.251 e. The average molecular weight is 234 g/mol. The highest BCUT2D eigenvalue weighted by Crippen LogP contribution is 2.25. The van der Waals surface area contributed by atoms with Gasteiger partial charge in [0.25, 0.3) is 5.91 Å². The lowest BCUT2D eigenvalue weighted by Gasteiger charge is -2.40. The predicted molar refractivity (Wildman–Crippen MR) is 63.2 cm³/mol. The zero-order chi connectivity index (χ0) is 12.6. The molecule has 1 fully saturated rings. The monoisotopic (exact) mass is 234 g/mol. The van der Waals surface area contributed by atoms with Crippen molar-refractivity contribution in [2.45, 2.75) is 19.4 Å². The van der Waals surface area contributed by atoms with Gasteiger partial charge in [0.05, 0.1) is 6.54 Å². The molecule has 2 heterocycles. The van der Waals surface area contributed by atoms with Crippen LogP contribution >= 0.6 is 0 Å². The molecular formula is C11H14N4O2. The summed E-state index contributed by atoms with van der Waals surface area (Å²) in [7, 11) is 0. The van der Waals surface area contributed by atoms with E-state index in [2.05, 4.69) is 10.3 Å². The van der Waals surface area contributed by atoms with Gasteiger partial charge in [0.1, 0.15) is 11.4 Å². The Morgan fingerprint density at radius 2 is 2.18 bits per heavy atom. The third kappa shape index (κ3) is 1.93. The van der Waals surface area contributed by atoms with Crippen molar-refractivity contribution < 1.29 is 9.59 Å². The van der Waals surface area contributed by atoms with Gasteiger partial charge in [0, 0.05) is 18.0 Å². The number of rotatable bonds is 1. The van der Waals surface area contributed by atoms with Crippen molar-refractivity contribution in [1.82, 2.24) is 10.3 Å². The highest BCUT2D eigenvalue weighted by Gasteiger charge is 2.41. The minimum Gasteiger partial charge on any atom is -0.399 e. The molecule has 6 nitrogen and oxygen atoms in total. The van der Waals surface area contributed by atoms with E-state index in [1.165, 1.54) is 0 Å². The molecule has 0 atom stereocenters. The van der Waals surface area contributed by atoms with Crippen LogP contribution in [0.1, 0.15) is 13.8 Å². The number of imide groups is 1. The average Bonchev–Trinajstić information content (AvgIpc) is 2.24. The summed E-state index contributed by atoms with van der Waals surface area (Å²) >= 11 is 0. The Balaban J connectivity index is 2.42. The molecule has 1 aliphatic heterocycles. The molecule has 0 spiro atoms. The number of hydrogen-bond acceptors (Lipinski definition) is 5. The van der Waals surface area contributed by atoms with Crippen LogP contribution in [0.4, 0.5) is 11.5 Å². The number of nitrogens with one attached hydrogen (secondary N) is 1. The van der Waals surface area contributed by atoms with Crippen LogP contribution in [0.2, 0.25) is 0 Å². The SMILES string of the molecule is CC1(C)C(=O)NC(=O)CN1c1cc(N)ccn1. The molecule has 1 saturated heterocycles. The van der Waals surface area contributed by atoms with Gasteiger partial charge in [-0.05, 0) is 19.9 Å². The standard InChI is InChI=1S/C11H14N4O2/c1-11(2)10(17)14-9(16)6-15(11)8-5-7(12)3-4-13-8/h3-5H,6H2,1-2H3,(H2,12,13)(H,14,16,17). The van der Waals surface area contributed by atoms with Crippen LogP contribution in [0, 0.1) is 0 Å². The molecule has 0 radical (unpaired) electrons. The van der Waals surface area contributed by atoms with E-state index in [0.717, 1.165) is 0 Å². The van der Waals surface area contributed by atoms with Gasteiger partial charge in [-0.15, -0.1) is 0 Å². The van der Waals surface area contributed by atoms with E-state index in [1.54, 1.807) is 37.1 Å². The van der Waals surface area contributed by atoms with Gasteiger partial charge >= 0.3 is 0 Å². The predicted octanol–water partition coefficient (Wildman–Crippen LogP) is -0.0948. The maximum atomic E-state index is 11.8. The van der Waals surface area contributed by atoms with Crippen LogP contribution in [0.25, 0.3) is 0 Å². The molecule has 0 unspecified atom stereocenters. The van der Waals surface area contributed by atoms with Gasteiger partial charge < -0.3 is 10.6 Å². The Bertz CT molecular complexity index is 484. The molecule has 3 N–H and O–H groups in total. The number of nitrogen functional groups attached to an aromatic ring is 1. The Hall–Kier alpha value is -2.11. The number of piperazine rings is 1. The van der Waals surface area contributed by atoms with Crippen LogP contribution in [-0.2, 0) is 9.59 Å². The number of carbonyl (C=O) groups excluding carboxylic acids is 2. The zero-order valence-electron chi connectivity index (χ0n) is 9.73. The highest BCUT2D eigenvalue weighted by molar-refractivity contribution is 6.06. The Kier molecular flexibility index (Phi) is 2.49. The summed E-state index contributed by atoms with van der Waals surface area (Å²) in [5, 5.41) is 2.31. The van der Waals surface area contributed by atoms with Crippen molar-refractivity contribution in [2.75, 3.05) is 17.2 Å². The van der Waals surface area contributed by atoms with Crippen molar-refractivity contribution in [3.8, 4) is 0 Å². The van der Waals surface area contributed by atoms with Gasteiger partial charge in [0.2, 0.25) is 5.91 Å². The molecule has 90 valence electrons. The molecule has 1 aromatic heterocycles. The normalized spacial score (nSPS) is 19.1. The lowest BCUT2D eigenvalue weighted by Crippen LogP contribution is -2.64. The van der Waals surface area contributed by atoms with E-state index in [4.69, 9.17) is 5.73 Å². The zero-order valence-corrected chi connectivity index (χ0v) is 9.73. The summed E-state index contributed by atoms with van der Waals surface area (Å²) in [6.07, 6.45) is 1.55. The van der Waals surface area contributed by atoms with E-state index >= 15 is 0 Å². The van der Waals surface area contributed by atoms with Gasteiger partial charge in [0.15, 0.2) is 0 Å². The number of carbonyl (C=O) groups is 2. The second-order valence-electron chi connectivity index (χ2n) is 4.47. The molecule has 0 aromatic carbocycles. The van der Waals surface area contributed by atoms with Crippen molar-refractivity contribution in [3.05, 3.63) is 18.3 Å². The van der Waals surface area contributed by atoms with E-state index in [0.29, 0.717) is 11.5 Å². The molecule has 1 aliphatic rings.